The summed E-state index contributed by atoms with van der Waals surface area (Å²) in [6.45, 7) is 4.78. The molecule has 18 heavy (non-hydrogen) atoms. The standard InChI is InChI=1S/C14H19N3O/c1-3-15-9-12-7-8-17(10-12)11-13-5-4-6-14(16-13)18-2/h4-8,10,15H,3,9,11H2,1-2H3. The molecule has 2 rings (SSSR count). The molecule has 2 heterocycles. The van der Waals surface area contributed by atoms with Crippen molar-refractivity contribution >= 4 is 0 Å². The molecule has 0 unspecified atom stereocenters. The molecule has 4 nitrogen and oxygen atoms in total. The summed E-state index contributed by atoms with van der Waals surface area (Å²) in [6, 6.07) is 7.95. The van der Waals surface area contributed by atoms with E-state index in [1.165, 1.54) is 5.56 Å². The van der Waals surface area contributed by atoms with Crippen LogP contribution in [0.25, 0.3) is 0 Å². The molecule has 0 aliphatic rings. The van der Waals surface area contributed by atoms with Gasteiger partial charge in [-0.05, 0) is 24.2 Å². The van der Waals surface area contributed by atoms with Gasteiger partial charge in [0.25, 0.3) is 0 Å². The van der Waals surface area contributed by atoms with Crippen molar-refractivity contribution in [2.45, 2.75) is 20.0 Å². The van der Waals surface area contributed by atoms with Crippen LogP contribution in [0.4, 0.5) is 0 Å². The second kappa shape index (κ2) is 6.21. The maximum atomic E-state index is 5.12. The zero-order valence-corrected chi connectivity index (χ0v) is 10.9. The summed E-state index contributed by atoms with van der Waals surface area (Å²) in [4.78, 5) is 4.40. The van der Waals surface area contributed by atoms with Crippen LogP contribution < -0.4 is 10.1 Å². The molecule has 0 spiro atoms. The zero-order valence-electron chi connectivity index (χ0n) is 10.9. The summed E-state index contributed by atoms with van der Waals surface area (Å²) in [5, 5.41) is 3.31. The van der Waals surface area contributed by atoms with E-state index in [1.807, 2.05) is 18.2 Å². The quantitative estimate of drug-likeness (QED) is 0.846. The van der Waals surface area contributed by atoms with E-state index in [9.17, 15) is 0 Å². The van der Waals surface area contributed by atoms with Crippen molar-refractivity contribution in [1.82, 2.24) is 14.9 Å². The van der Waals surface area contributed by atoms with Crippen molar-refractivity contribution in [3.8, 4) is 5.88 Å². The molecule has 0 radical (unpaired) electrons. The third kappa shape index (κ3) is 3.34. The fraction of sp³-hybridized carbons (Fsp3) is 0.357. The van der Waals surface area contributed by atoms with Crippen LogP contribution in [0, 0.1) is 0 Å². The predicted octanol–water partition coefficient (Wildman–Crippen LogP) is 2.05. The number of aromatic nitrogens is 2. The van der Waals surface area contributed by atoms with Gasteiger partial charge >= 0.3 is 0 Å². The average Bonchev–Trinajstić information content (AvgIpc) is 2.84. The van der Waals surface area contributed by atoms with Crippen LogP contribution in [0.5, 0.6) is 5.88 Å². The number of nitrogens with zero attached hydrogens (tertiary/aromatic N) is 2. The Morgan fingerprint density at radius 3 is 3.00 bits per heavy atom. The smallest absolute Gasteiger partial charge is 0.213 e. The van der Waals surface area contributed by atoms with Crippen LogP contribution in [0.15, 0.2) is 36.7 Å². The maximum Gasteiger partial charge on any atom is 0.213 e. The molecular formula is C14H19N3O. The Bertz CT molecular complexity index is 493. The summed E-state index contributed by atoms with van der Waals surface area (Å²) < 4.78 is 7.25. The Labute approximate surface area is 108 Å². The van der Waals surface area contributed by atoms with Crippen LogP contribution in [-0.2, 0) is 13.1 Å². The first kappa shape index (κ1) is 12.6. The Morgan fingerprint density at radius 1 is 1.33 bits per heavy atom. The van der Waals surface area contributed by atoms with Gasteiger partial charge in [0, 0.05) is 25.0 Å². The molecule has 2 aromatic heterocycles. The van der Waals surface area contributed by atoms with Crippen molar-refractivity contribution in [1.29, 1.82) is 0 Å². The van der Waals surface area contributed by atoms with Gasteiger partial charge in [0.05, 0.1) is 19.3 Å². The predicted molar refractivity (Wildman–Crippen MR) is 71.7 cm³/mol. The second-order valence-electron chi connectivity index (χ2n) is 4.14. The molecular weight excluding hydrogens is 226 g/mol. The molecule has 1 N–H and O–H groups in total. The van der Waals surface area contributed by atoms with Gasteiger partial charge in [0.2, 0.25) is 5.88 Å². The molecule has 0 aliphatic heterocycles. The second-order valence-corrected chi connectivity index (χ2v) is 4.14. The van der Waals surface area contributed by atoms with Crippen molar-refractivity contribution < 1.29 is 4.74 Å². The number of hydrogen-bond acceptors (Lipinski definition) is 3. The lowest BCUT2D eigenvalue weighted by molar-refractivity contribution is 0.396. The van der Waals surface area contributed by atoms with Crippen LogP contribution in [0.1, 0.15) is 18.2 Å². The number of methoxy groups -OCH3 is 1. The molecule has 0 saturated carbocycles. The Kier molecular flexibility index (Phi) is 4.36. The van der Waals surface area contributed by atoms with Crippen LogP contribution in [-0.4, -0.2) is 23.2 Å². The van der Waals surface area contributed by atoms with Gasteiger partial charge in [-0.2, -0.15) is 0 Å². The summed E-state index contributed by atoms with van der Waals surface area (Å²) in [5.41, 5.74) is 2.29. The number of rotatable bonds is 6. The van der Waals surface area contributed by atoms with E-state index in [0.29, 0.717) is 5.88 Å². The lowest BCUT2D eigenvalue weighted by atomic mass is 10.3. The summed E-state index contributed by atoms with van der Waals surface area (Å²) in [7, 11) is 1.64. The van der Waals surface area contributed by atoms with Gasteiger partial charge in [0.1, 0.15) is 0 Å². The minimum Gasteiger partial charge on any atom is -0.481 e. The fourth-order valence-corrected chi connectivity index (χ4v) is 1.81. The number of ether oxygens (including phenoxy) is 1. The first-order valence-electron chi connectivity index (χ1n) is 6.17. The first-order chi connectivity index (χ1) is 8.81. The third-order valence-electron chi connectivity index (χ3n) is 2.73. The molecule has 2 aromatic rings. The van der Waals surface area contributed by atoms with Crippen LogP contribution >= 0.6 is 0 Å². The van der Waals surface area contributed by atoms with Crippen molar-refractivity contribution in [3.05, 3.63) is 47.9 Å². The highest BCUT2D eigenvalue weighted by atomic mass is 16.5. The van der Waals surface area contributed by atoms with E-state index in [1.54, 1.807) is 7.11 Å². The van der Waals surface area contributed by atoms with Gasteiger partial charge in [-0.15, -0.1) is 0 Å². The van der Waals surface area contributed by atoms with E-state index in [2.05, 4.69) is 40.3 Å². The van der Waals surface area contributed by atoms with Crippen LogP contribution in [0.3, 0.4) is 0 Å². The van der Waals surface area contributed by atoms with Gasteiger partial charge in [-0.1, -0.05) is 13.0 Å². The molecule has 0 fully saturated rings. The topological polar surface area (TPSA) is 39.1 Å². The van der Waals surface area contributed by atoms with E-state index >= 15 is 0 Å². The molecule has 0 bridgehead atoms. The Hall–Kier alpha value is -1.81. The van der Waals surface area contributed by atoms with Gasteiger partial charge in [-0.25, -0.2) is 4.98 Å². The molecule has 4 heteroatoms. The molecule has 0 saturated heterocycles. The molecule has 0 aromatic carbocycles. The zero-order chi connectivity index (χ0) is 12.8. The molecule has 0 aliphatic carbocycles. The number of nitrogens with one attached hydrogen (secondary N) is 1. The summed E-state index contributed by atoms with van der Waals surface area (Å²) in [5.74, 6) is 0.660. The third-order valence-corrected chi connectivity index (χ3v) is 2.73. The van der Waals surface area contributed by atoms with E-state index in [4.69, 9.17) is 4.74 Å². The van der Waals surface area contributed by atoms with E-state index in [0.717, 1.165) is 25.3 Å². The van der Waals surface area contributed by atoms with Gasteiger partial charge in [0.15, 0.2) is 0 Å². The number of hydrogen-bond donors (Lipinski definition) is 1. The molecule has 0 amide bonds. The molecule has 0 atom stereocenters. The lowest BCUT2D eigenvalue weighted by Gasteiger charge is -2.04. The Balaban J connectivity index is 2.01. The SMILES string of the molecule is CCNCc1ccn(Cc2cccc(OC)n2)c1. The highest BCUT2D eigenvalue weighted by Gasteiger charge is 2.00. The normalized spacial score (nSPS) is 10.6. The minimum absolute atomic E-state index is 0.660. The van der Waals surface area contributed by atoms with E-state index in [-0.39, 0.29) is 0 Å². The lowest BCUT2D eigenvalue weighted by Crippen LogP contribution is -2.11. The van der Waals surface area contributed by atoms with E-state index < -0.39 is 0 Å². The van der Waals surface area contributed by atoms with Crippen molar-refractivity contribution in [3.63, 3.8) is 0 Å². The number of pyridine rings is 1. The van der Waals surface area contributed by atoms with Gasteiger partial charge < -0.3 is 14.6 Å². The fourth-order valence-electron chi connectivity index (χ4n) is 1.81. The average molecular weight is 245 g/mol. The minimum atomic E-state index is 0.660. The Morgan fingerprint density at radius 2 is 2.22 bits per heavy atom. The first-order valence-corrected chi connectivity index (χ1v) is 6.17. The van der Waals surface area contributed by atoms with Crippen molar-refractivity contribution in [2.24, 2.45) is 0 Å². The van der Waals surface area contributed by atoms with Gasteiger partial charge in [-0.3, -0.25) is 0 Å². The summed E-state index contributed by atoms with van der Waals surface area (Å²) >= 11 is 0. The highest BCUT2D eigenvalue weighted by molar-refractivity contribution is 5.17. The highest BCUT2D eigenvalue weighted by Crippen LogP contribution is 2.09. The monoisotopic (exact) mass is 245 g/mol. The maximum absolute atomic E-state index is 5.12. The van der Waals surface area contributed by atoms with Crippen molar-refractivity contribution in [2.75, 3.05) is 13.7 Å². The largest absolute Gasteiger partial charge is 0.481 e. The van der Waals surface area contributed by atoms with Crippen LogP contribution in [0.2, 0.25) is 0 Å². The molecule has 96 valence electrons. The summed E-state index contributed by atoms with van der Waals surface area (Å²) in [6.07, 6.45) is 4.22.